The third kappa shape index (κ3) is 5.83. The zero-order valence-corrected chi connectivity index (χ0v) is 20.0. The van der Waals surface area contributed by atoms with E-state index in [2.05, 4.69) is 40.2 Å². The molecule has 1 aliphatic heterocycles. The molecule has 2 amide bonds. The van der Waals surface area contributed by atoms with Crippen molar-refractivity contribution >= 4 is 17.1 Å². The Kier molecular flexibility index (Phi) is 7.27. The highest BCUT2D eigenvalue weighted by Gasteiger charge is 2.24. The number of likely N-dealkylation sites (tertiary alicyclic amines) is 1. The van der Waals surface area contributed by atoms with Crippen LogP contribution in [0.3, 0.4) is 0 Å². The van der Waals surface area contributed by atoms with E-state index in [0.717, 1.165) is 61.5 Å². The lowest BCUT2D eigenvalue weighted by atomic mass is 9.96. The zero-order valence-electron chi connectivity index (χ0n) is 20.0. The molecule has 0 bridgehead atoms. The molecule has 0 unspecified atom stereocenters. The number of imidazole rings is 1. The standard InChI is InChI=1S/C29H32N4O2/c34-29(30-18-15-23-9-3-1-4-10-23)32-19-16-24(17-20-32)21-33-27-14-8-7-13-26(27)31-28(33)22-35-25-11-5-2-6-12-25/h1-14,24H,15-22H2,(H,30,34). The van der Waals surface area contributed by atoms with Crippen molar-refractivity contribution in [2.45, 2.75) is 32.4 Å². The number of aromatic nitrogens is 2. The summed E-state index contributed by atoms with van der Waals surface area (Å²) in [6.07, 6.45) is 2.82. The van der Waals surface area contributed by atoms with Gasteiger partial charge in [-0.1, -0.05) is 60.7 Å². The lowest BCUT2D eigenvalue weighted by molar-refractivity contribution is 0.165. The van der Waals surface area contributed by atoms with Gasteiger partial charge in [0.05, 0.1) is 11.0 Å². The fourth-order valence-electron chi connectivity index (χ4n) is 4.75. The predicted molar refractivity (Wildman–Crippen MR) is 138 cm³/mol. The van der Waals surface area contributed by atoms with Crippen molar-refractivity contribution in [1.82, 2.24) is 19.8 Å². The summed E-state index contributed by atoms with van der Waals surface area (Å²) in [5, 5.41) is 3.08. The van der Waals surface area contributed by atoms with Gasteiger partial charge in [-0.05, 0) is 55.0 Å². The molecule has 0 atom stereocenters. The number of nitrogens with one attached hydrogen (secondary N) is 1. The lowest BCUT2D eigenvalue weighted by Gasteiger charge is -2.32. The number of rotatable bonds is 8. The molecule has 1 aromatic heterocycles. The van der Waals surface area contributed by atoms with E-state index in [1.807, 2.05) is 59.5 Å². The van der Waals surface area contributed by atoms with Gasteiger partial charge in [-0.2, -0.15) is 0 Å². The number of urea groups is 1. The van der Waals surface area contributed by atoms with E-state index in [9.17, 15) is 4.79 Å². The summed E-state index contributed by atoms with van der Waals surface area (Å²) in [7, 11) is 0. The van der Waals surface area contributed by atoms with Crippen LogP contribution in [0, 0.1) is 5.92 Å². The summed E-state index contributed by atoms with van der Waals surface area (Å²) in [6, 6.07) is 28.4. The molecule has 0 saturated carbocycles. The molecule has 5 rings (SSSR count). The first-order valence-electron chi connectivity index (χ1n) is 12.4. The van der Waals surface area contributed by atoms with Crippen LogP contribution in [0.1, 0.15) is 24.2 Å². The first-order chi connectivity index (χ1) is 17.3. The van der Waals surface area contributed by atoms with Gasteiger partial charge in [-0.3, -0.25) is 0 Å². The van der Waals surface area contributed by atoms with Gasteiger partial charge in [-0.25, -0.2) is 9.78 Å². The molecule has 2 heterocycles. The van der Waals surface area contributed by atoms with Crippen LogP contribution < -0.4 is 10.1 Å². The van der Waals surface area contributed by atoms with E-state index < -0.39 is 0 Å². The third-order valence-electron chi connectivity index (χ3n) is 6.72. The largest absolute Gasteiger partial charge is 0.486 e. The minimum Gasteiger partial charge on any atom is -0.486 e. The molecule has 1 fully saturated rings. The topological polar surface area (TPSA) is 59.4 Å². The maximum absolute atomic E-state index is 12.6. The molecule has 35 heavy (non-hydrogen) atoms. The predicted octanol–water partition coefficient (Wildman–Crippen LogP) is 5.28. The molecule has 1 saturated heterocycles. The van der Waals surface area contributed by atoms with Crippen LogP contribution in [0.2, 0.25) is 0 Å². The summed E-state index contributed by atoms with van der Waals surface area (Å²) in [6.45, 7) is 3.54. The number of ether oxygens (including phenoxy) is 1. The quantitative estimate of drug-likeness (QED) is 0.383. The fraction of sp³-hybridized carbons (Fsp3) is 0.310. The van der Waals surface area contributed by atoms with Crippen LogP contribution in [-0.2, 0) is 19.6 Å². The minimum absolute atomic E-state index is 0.0458. The summed E-state index contributed by atoms with van der Waals surface area (Å²) in [5.41, 5.74) is 3.38. The second-order valence-corrected chi connectivity index (χ2v) is 9.13. The lowest BCUT2D eigenvalue weighted by Crippen LogP contribution is -2.45. The highest BCUT2D eigenvalue weighted by Crippen LogP contribution is 2.24. The van der Waals surface area contributed by atoms with Gasteiger partial charge >= 0.3 is 6.03 Å². The van der Waals surface area contributed by atoms with Gasteiger partial charge < -0.3 is 19.5 Å². The van der Waals surface area contributed by atoms with Gasteiger partial charge in [0, 0.05) is 26.2 Å². The smallest absolute Gasteiger partial charge is 0.317 e. The minimum atomic E-state index is 0.0458. The Hall–Kier alpha value is -3.80. The molecule has 0 spiro atoms. The Labute approximate surface area is 206 Å². The molecule has 6 nitrogen and oxygen atoms in total. The number of hydrogen-bond donors (Lipinski definition) is 1. The van der Waals surface area contributed by atoms with Crippen LogP contribution in [0.4, 0.5) is 4.79 Å². The number of amides is 2. The Morgan fingerprint density at radius 3 is 2.37 bits per heavy atom. The van der Waals surface area contributed by atoms with Crippen molar-refractivity contribution in [2.75, 3.05) is 19.6 Å². The van der Waals surface area contributed by atoms with Crippen LogP contribution in [-0.4, -0.2) is 40.1 Å². The van der Waals surface area contributed by atoms with E-state index in [-0.39, 0.29) is 6.03 Å². The molecular weight excluding hydrogens is 436 g/mol. The number of carbonyl (C=O) groups is 1. The Balaban J connectivity index is 1.17. The highest BCUT2D eigenvalue weighted by atomic mass is 16.5. The van der Waals surface area contributed by atoms with E-state index in [1.165, 1.54) is 5.56 Å². The zero-order chi connectivity index (χ0) is 23.9. The van der Waals surface area contributed by atoms with E-state index >= 15 is 0 Å². The van der Waals surface area contributed by atoms with Gasteiger partial charge in [0.15, 0.2) is 0 Å². The normalized spacial score (nSPS) is 14.2. The molecule has 4 aromatic rings. The Bertz CT molecular complexity index is 1230. The van der Waals surface area contributed by atoms with E-state index in [4.69, 9.17) is 9.72 Å². The van der Waals surface area contributed by atoms with Gasteiger partial charge in [0.25, 0.3) is 0 Å². The van der Waals surface area contributed by atoms with E-state index in [1.54, 1.807) is 0 Å². The van der Waals surface area contributed by atoms with Crippen molar-refractivity contribution in [2.24, 2.45) is 5.92 Å². The molecular formula is C29H32N4O2. The summed E-state index contributed by atoms with van der Waals surface area (Å²) in [5.74, 6) is 2.28. The molecule has 0 aliphatic carbocycles. The summed E-state index contributed by atoms with van der Waals surface area (Å²) >= 11 is 0. The van der Waals surface area contributed by atoms with Gasteiger partial charge in [0.2, 0.25) is 0 Å². The molecule has 1 aliphatic rings. The SMILES string of the molecule is O=C(NCCc1ccccc1)N1CCC(Cn2c(COc3ccccc3)nc3ccccc32)CC1. The van der Waals surface area contributed by atoms with Crippen LogP contribution >= 0.6 is 0 Å². The maximum Gasteiger partial charge on any atom is 0.317 e. The Morgan fingerprint density at radius 1 is 0.914 bits per heavy atom. The first-order valence-corrected chi connectivity index (χ1v) is 12.4. The van der Waals surface area contributed by atoms with Crippen molar-refractivity contribution in [3.8, 4) is 5.75 Å². The number of piperidine rings is 1. The number of carbonyl (C=O) groups excluding carboxylic acids is 1. The molecule has 3 aromatic carbocycles. The van der Waals surface area contributed by atoms with Crippen LogP contribution in [0.25, 0.3) is 11.0 Å². The summed E-state index contributed by atoms with van der Waals surface area (Å²) in [4.78, 5) is 19.5. The average molecular weight is 469 g/mol. The maximum atomic E-state index is 12.6. The molecule has 180 valence electrons. The third-order valence-corrected chi connectivity index (χ3v) is 6.72. The Morgan fingerprint density at radius 2 is 1.60 bits per heavy atom. The number of fused-ring (bicyclic) bond motifs is 1. The van der Waals surface area contributed by atoms with Crippen molar-refractivity contribution < 1.29 is 9.53 Å². The second kappa shape index (κ2) is 11.1. The van der Waals surface area contributed by atoms with Crippen molar-refractivity contribution in [1.29, 1.82) is 0 Å². The van der Waals surface area contributed by atoms with Gasteiger partial charge in [0.1, 0.15) is 18.2 Å². The monoisotopic (exact) mass is 468 g/mol. The molecule has 0 radical (unpaired) electrons. The molecule has 6 heteroatoms. The van der Waals surface area contributed by atoms with Crippen LogP contribution in [0.15, 0.2) is 84.9 Å². The number of para-hydroxylation sites is 3. The van der Waals surface area contributed by atoms with Gasteiger partial charge in [-0.15, -0.1) is 0 Å². The average Bonchev–Trinajstić information content (AvgIpc) is 3.26. The first kappa shape index (κ1) is 23.0. The van der Waals surface area contributed by atoms with Crippen LogP contribution in [0.5, 0.6) is 5.75 Å². The van der Waals surface area contributed by atoms with Crippen molar-refractivity contribution in [3.63, 3.8) is 0 Å². The highest BCUT2D eigenvalue weighted by molar-refractivity contribution is 5.76. The number of nitrogens with zero attached hydrogens (tertiary/aromatic N) is 3. The number of benzene rings is 3. The van der Waals surface area contributed by atoms with E-state index in [0.29, 0.717) is 19.1 Å². The fourth-order valence-corrected chi connectivity index (χ4v) is 4.75. The molecule has 1 N–H and O–H groups in total. The second-order valence-electron chi connectivity index (χ2n) is 9.13. The van der Waals surface area contributed by atoms with Crippen molar-refractivity contribution in [3.05, 3.63) is 96.3 Å². The summed E-state index contributed by atoms with van der Waals surface area (Å²) < 4.78 is 8.33. The number of hydrogen-bond acceptors (Lipinski definition) is 3.